The van der Waals surface area contributed by atoms with E-state index in [2.05, 4.69) is 60.6 Å². The maximum Gasteiger partial charge on any atom is 0.152 e. The highest BCUT2D eigenvalue weighted by Gasteiger charge is 2.19. The van der Waals surface area contributed by atoms with E-state index in [9.17, 15) is 0 Å². The smallest absolute Gasteiger partial charge is 0.152 e. The highest BCUT2D eigenvalue weighted by molar-refractivity contribution is 5.56. The zero-order chi connectivity index (χ0) is 14.5. The van der Waals surface area contributed by atoms with Gasteiger partial charge in [-0.3, -0.25) is 0 Å². The van der Waals surface area contributed by atoms with E-state index >= 15 is 0 Å². The van der Waals surface area contributed by atoms with Crippen molar-refractivity contribution in [1.82, 2.24) is 14.7 Å². The van der Waals surface area contributed by atoms with Crippen LogP contribution in [0.25, 0.3) is 5.65 Å². The molecule has 0 atom stereocenters. The van der Waals surface area contributed by atoms with Gasteiger partial charge in [-0.05, 0) is 38.9 Å². The molecular formula is C16H26N4. The Morgan fingerprint density at radius 1 is 1.30 bits per heavy atom. The standard InChI is InChI=1S/C16H26N4/c1-5-10-19(13(3)4)16-14(12-17-6-2)20-11-8-7-9-15(20)18-16/h7-9,11,13,17H,5-6,10,12H2,1-4H3. The highest BCUT2D eigenvalue weighted by Crippen LogP contribution is 2.23. The first-order valence-electron chi connectivity index (χ1n) is 7.62. The second kappa shape index (κ2) is 6.75. The van der Waals surface area contributed by atoms with Crippen molar-refractivity contribution in [2.24, 2.45) is 0 Å². The van der Waals surface area contributed by atoms with Crippen molar-refractivity contribution in [3.63, 3.8) is 0 Å². The molecule has 0 aliphatic rings. The van der Waals surface area contributed by atoms with Gasteiger partial charge >= 0.3 is 0 Å². The Labute approximate surface area is 121 Å². The van der Waals surface area contributed by atoms with Crippen LogP contribution in [0.1, 0.15) is 39.8 Å². The van der Waals surface area contributed by atoms with Crippen molar-refractivity contribution in [2.45, 2.75) is 46.7 Å². The Morgan fingerprint density at radius 3 is 2.75 bits per heavy atom. The summed E-state index contributed by atoms with van der Waals surface area (Å²) in [4.78, 5) is 7.26. The number of rotatable bonds is 7. The van der Waals surface area contributed by atoms with Gasteiger partial charge in [-0.2, -0.15) is 0 Å². The second-order valence-electron chi connectivity index (χ2n) is 5.38. The lowest BCUT2D eigenvalue weighted by molar-refractivity contribution is 0.648. The highest BCUT2D eigenvalue weighted by atomic mass is 15.2. The lowest BCUT2D eigenvalue weighted by Crippen LogP contribution is -2.33. The molecule has 0 saturated carbocycles. The fraction of sp³-hybridized carbons (Fsp3) is 0.562. The minimum absolute atomic E-state index is 0.459. The number of nitrogens with zero attached hydrogens (tertiary/aromatic N) is 3. The molecule has 1 N–H and O–H groups in total. The number of nitrogens with one attached hydrogen (secondary N) is 1. The number of pyridine rings is 1. The molecule has 4 heteroatoms. The fourth-order valence-electron chi connectivity index (χ4n) is 2.52. The third-order valence-electron chi connectivity index (χ3n) is 3.51. The van der Waals surface area contributed by atoms with Gasteiger partial charge in [0, 0.05) is 25.3 Å². The molecular weight excluding hydrogens is 248 g/mol. The third-order valence-corrected chi connectivity index (χ3v) is 3.51. The fourth-order valence-corrected chi connectivity index (χ4v) is 2.52. The molecule has 0 unspecified atom stereocenters. The van der Waals surface area contributed by atoms with Gasteiger partial charge in [0.25, 0.3) is 0 Å². The van der Waals surface area contributed by atoms with E-state index in [0.29, 0.717) is 6.04 Å². The summed E-state index contributed by atoms with van der Waals surface area (Å²) in [5.41, 5.74) is 2.28. The Balaban J connectivity index is 2.48. The van der Waals surface area contributed by atoms with E-state index in [1.165, 1.54) is 5.69 Å². The van der Waals surface area contributed by atoms with Crippen LogP contribution in [-0.2, 0) is 6.54 Å². The molecule has 0 aromatic carbocycles. The first kappa shape index (κ1) is 14.9. The van der Waals surface area contributed by atoms with Crippen LogP contribution in [0.2, 0.25) is 0 Å². The first-order chi connectivity index (χ1) is 9.69. The summed E-state index contributed by atoms with van der Waals surface area (Å²) in [5, 5.41) is 3.43. The molecule has 2 rings (SSSR count). The zero-order valence-electron chi connectivity index (χ0n) is 13.1. The van der Waals surface area contributed by atoms with Crippen LogP contribution in [-0.4, -0.2) is 28.5 Å². The third kappa shape index (κ3) is 2.96. The van der Waals surface area contributed by atoms with E-state index in [-0.39, 0.29) is 0 Å². The molecule has 2 aromatic heterocycles. The molecule has 0 amide bonds. The molecule has 0 aliphatic carbocycles. The topological polar surface area (TPSA) is 32.6 Å². The number of anilines is 1. The van der Waals surface area contributed by atoms with Gasteiger partial charge in [-0.15, -0.1) is 0 Å². The molecule has 2 heterocycles. The van der Waals surface area contributed by atoms with Crippen LogP contribution in [0.5, 0.6) is 0 Å². The average molecular weight is 274 g/mol. The molecule has 0 aliphatic heterocycles. The van der Waals surface area contributed by atoms with E-state index in [0.717, 1.165) is 37.5 Å². The van der Waals surface area contributed by atoms with Crippen molar-refractivity contribution in [3.8, 4) is 0 Å². The number of fused-ring (bicyclic) bond motifs is 1. The van der Waals surface area contributed by atoms with Gasteiger partial charge in [-0.25, -0.2) is 4.98 Å². The van der Waals surface area contributed by atoms with Gasteiger partial charge in [0.15, 0.2) is 5.82 Å². The molecule has 20 heavy (non-hydrogen) atoms. The summed E-state index contributed by atoms with van der Waals surface area (Å²) in [6.07, 6.45) is 3.23. The van der Waals surface area contributed by atoms with Gasteiger partial charge in [0.1, 0.15) is 5.65 Å². The van der Waals surface area contributed by atoms with Crippen molar-refractivity contribution >= 4 is 11.5 Å². The summed E-state index contributed by atoms with van der Waals surface area (Å²) in [7, 11) is 0. The van der Waals surface area contributed by atoms with Gasteiger partial charge in [0.2, 0.25) is 0 Å². The van der Waals surface area contributed by atoms with Crippen LogP contribution in [0, 0.1) is 0 Å². The molecule has 110 valence electrons. The van der Waals surface area contributed by atoms with Gasteiger partial charge in [0.05, 0.1) is 5.69 Å². The summed E-state index contributed by atoms with van der Waals surface area (Å²) in [5.74, 6) is 1.12. The van der Waals surface area contributed by atoms with Crippen LogP contribution in [0.15, 0.2) is 24.4 Å². The number of hydrogen-bond acceptors (Lipinski definition) is 3. The molecule has 0 bridgehead atoms. The average Bonchev–Trinajstić information content (AvgIpc) is 2.80. The molecule has 4 nitrogen and oxygen atoms in total. The lowest BCUT2D eigenvalue weighted by atomic mass is 10.2. The molecule has 0 radical (unpaired) electrons. The molecule has 0 spiro atoms. The predicted octanol–water partition coefficient (Wildman–Crippen LogP) is 3.07. The Kier molecular flexibility index (Phi) is 5.01. The quantitative estimate of drug-likeness (QED) is 0.842. The Bertz CT molecular complexity index is 544. The zero-order valence-corrected chi connectivity index (χ0v) is 13.1. The summed E-state index contributed by atoms with van der Waals surface area (Å²) >= 11 is 0. The van der Waals surface area contributed by atoms with Crippen LogP contribution in [0.3, 0.4) is 0 Å². The minimum Gasteiger partial charge on any atom is -0.353 e. The van der Waals surface area contributed by atoms with E-state index in [4.69, 9.17) is 4.98 Å². The van der Waals surface area contributed by atoms with Crippen molar-refractivity contribution < 1.29 is 0 Å². The lowest BCUT2D eigenvalue weighted by Gasteiger charge is -2.27. The van der Waals surface area contributed by atoms with Crippen molar-refractivity contribution in [3.05, 3.63) is 30.1 Å². The van der Waals surface area contributed by atoms with E-state index < -0.39 is 0 Å². The van der Waals surface area contributed by atoms with Crippen LogP contribution < -0.4 is 10.2 Å². The summed E-state index contributed by atoms with van der Waals surface area (Å²) in [6.45, 7) is 11.7. The van der Waals surface area contributed by atoms with Gasteiger partial charge in [-0.1, -0.05) is 19.9 Å². The predicted molar refractivity (Wildman–Crippen MR) is 85.3 cm³/mol. The Hall–Kier alpha value is -1.55. The van der Waals surface area contributed by atoms with Gasteiger partial charge < -0.3 is 14.6 Å². The first-order valence-corrected chi connectivity index (χ1v) is 7.62. The normalized spacial score (nSPS) is 11.4. The van der Waals surface area contributed by atoms with E-state index in [1.54, 1.807) is 0 Å². The van der Waals surface area contributed by atoms with Crippen molar-refractivity contribution in [1.29, 1.82) is 0 Å². The van der Waals surface area contributed by atoms with Crippen LogP contribution >= 0.6 is 0 Å². The SMILES string of the molecule is CCCN(c1nc2ccccn2c1CNCC)C(C)C. The number of aromatic nitrogens is 2. The number of hydrogen-bond donors (Lipinski definition) is 1. The monoisotopic (exact) mass is 274 g/mol. The minimum atomic E-state index is 0.459. The summed E-state index contributed by atoms with van der Waals surface area (Å²) < 4.78 is 2.20. The largest absolute Gasteiger partial charge is 0.353 e. The Morgan fingerprint density at radius 2 is 2.10 bits per heavy atom. The number of imidazole rings is 1. The van der Waals surface area contributed by atoms with E-state index in [1.807, 2.05) is 6.07 Å². The maximum absolute atomic E-state index is 4.85. The molecule has 2 aromatic rings. The summed E-state index contributed by atoms with van der Waals surface area (Å²) in [6, 6.07) is 6.64. The molecule has 0 fully saturated rings. The molecule has 0 saturated heterocycles. The maximum atomic E-state index is 4.85. The second-order valence-corrected chi connectivity index (χ2v) is 5.38. The van der Waals surface area contributed by atoms with Crippen LogP contribution in [0.4, 0.5) is 5.82 Å². The van der Waals surface area contributed by atoms with Crippen molar-refractivity contribution in [2.75, 3.05) is 18.0 Å².